The largest absolute Gasteiger partial charge is 0.464 e. The topological polar surface area (TPSA) is 83.8 Å². The van der Waals surface area contributed by atoms with Crippen molar-refractivity contribution in [3.05, 3.63) is 22.8 Å². The number of hydrogen-bond donors (Lipinski definition) is 0. The second-order valence-electron chi connectivity index (χ2n) is 1.85. The molecule has 1 aromatic heterocycles. The van der Waals surface area contributed by atoms with E-state index in [0.29, 0.717) is 12.3 Å². The van der Waals surface area contributed by atoms with E-state index in [2.05, 4.69) is 20.0 Å². The Hall–Kier alpha value is -1.81. The zero-order valence-electron chi connectivity index (χ0n) is 6.51. The summed E-state index contributed by atoms with van der Waals surface area (Å²) < 4.78 is 4.98. The highest BCUT2D eigenvalue weighted by atomic mass is 16.5. The number of azide groups is 1. The van der Waals surface area contributed by atoms with Gasteiger partial charge >= 0.3 is 6.01 Å². The van der Waals surface area contributed by atoms with Crippen molar-refractivity contribution < 1.29 is 4.74 Å². The summed E-state index contributed by atoms with van der Waals surface area (Å²) in [5.41, 5.74) is 8.44. The van der Waals surface area contributed by atoms with Crippen molar-refractivity contribution in [3.63, 3.8) is 0 Å². The van der Waals surface area contributed by atoms with Gasteiger partial charge in [0.2, 0.25) is 0 Å². The van der Waals surface area contributed by atoms with Gasteiger partial charge in [-0.15, -0.1) is 0 Å². The van der Waals surface area contributed by atoms with Crippen molar-refractivity contribution >= 4 is 5.69 Å². The van der Waals surface area contributed by atoms with Gasteiger partial charge in [0, 0.05) is 17.3 Å². The Kier molecular flexibility index (Phi) is 2.87. The lowest BCUT2D eigenvalue weighted by Crippen LogP contribution is -1.95. The zero-order chi connectivity index (χ0) is 8.81. The molecule has 0 aliphatic carbocycles. The Balaban J connectivity index is 2.77. The van der Waals surface area contributed by atoms with Gasteiger partial charge in [0.1, 0.15) is 0 Å². The number of hydrogen-bond acceptors (Lipinski definition) is 4. The molecule has 0 spiro atoms. The summed E-state index contributed by atoms with van der Waals surface area (Å²) in [5, 5.41) is 3.31. The second kappa shape index (κ2) is 4.15. The highest BCUT2D eigenvalue weighted by Crippen LogP contribution is 2.10. The SMILES string of the molecule is CCOc1ncc(N=[N+]=[N-])cn1. The molecule has 0 saturated heterocycles. The average molecular weight is 165 g/mol. The van der Waals surface area contributed by atoms with Crippen LogP contribution in [0.5, 0.6) is 6.01 Å². The monoisotopic (exact) mass is 165 g/mol. The summed E-state index contributed by atoms with van der Waals surface area (Å²) in [6.07, 6.45) is 2.80. The van der Waals surface area contributed by atoms with Crippen molar-refractivity contribution in [2.75, 3.05) is 6.61 Å². The minimum Gasteiger partial charge on any atom is -0.464 e. The Morgan fingerprint density at radius 2 is 2.25 bits per heavy atom. The second-order valence-corrected chi connectivity index (χ2v) is 1.85. The molecule has 0 aromatic carbocycles. The van der Waals surface area contributed by atoms with Crippen LogP contribution < -0.4 is 4.74 Å². The fourth-order valence-electron chi connectivity index (χ4n) is 0.616. The molecule has 0 unspecified atom stereocenters. The molecule has 0 N–H and O–H groups in total. The van der Waals surface area contributed by atoms with Crippen LogP contribution in [-0.4, -0.2) is 16.6 Å². The molecule has 0 bridgehead atoms. The summed E-state index contributed by atoms with van der Waals surface area (Å²) in [5.74, 6) is 0. The van der Waals surface area contributed by atoms with Crippen molar-refractivity contribution in [1.29, 1.82) is 0 Å². The Morgan fingerprint density at radius 3 is 2.75 bits per heavy atom. The van der Waals surface area contributed by atoms with E-state index < -0.39 is 0 Å². The van der Waals surface area contributed by atoms with Gasteiger partial charge in [-0.1, -0.05) is 5.11 Å². The molecule has 0 fully saturated rings. The highest BCUT2D eigenvalue weighted by molar-refractivity contribution is 5.29. The van der Waals surface area contributed by atoms with Crippen LogP contribution in [0.2, 0.25) is 0 Å². The molecule has 0 amide bonds. The van der Waals surface area contributed by atoms with Gasteiger partial charge in [-0.3, -0.25) is 0 Å². The predicted molar refractivity (Wildman–Crippen MR) is 42.0 cm³/mol. The maximum Gasteiger partial charge on any atom is 0.316 e. The van der Waals surface area contributed by atoms with Gasteiger partial charge in [-0.2, -0.15) is 0 Å². The van der Waals surface area contributed by atoms with E-state index in [1.807, 2.05) is 6.92 Å². The third-order valence-corrected chi connectivity index (χ3v) is 1.05. The van der Waals surface area contributed by atoms with Crippen LogP contribution in [-0.2, 0) is 0 Å². The van der Waals surface area contributed by atoms with Crippen LogP contribution in [0.25, 0.3) is 10.4 Å². The molecule has 0 radical (unpaired) electrons. The third-order valence-electron chi connectivity index (χ3n) is 1.05. The van der Waals surface area contributed by atoms with Gasteiger partial charge in [-0.05, 0) is 12.5 Å². The van der Waals surface area contributed by atoms with E-state index in [9.17, 15) is 0 Å². The first-order chi connectivity index (χ1) is 5.86. The summed E-state index contributed by atoms with van der Waals surface area (Å²) >= 11 is 0. The summed E-state index contributed by atoms with van der Waals surface area (Å²) in [4.78, 5) is 10.2. The molecule has 12 heavy (non-hydrogen) atoms. The van der Waals surface area contributed by atoms with E-state index in [1.165, 1.54) is 12.4 Å². The van der Waals surface area contributed by atoms with Crippen molar-refractivity contribution in [2.45, 2.75) is 6.92 Å². The van der Waals surface area contributed by atoms with Gasteiger partial charge < -0.3 is 4.74 Å². The summed E-state index contributed by atoms with van der Waals surface area (Å²) in [7, 11) is 0. The van der Waals surface area contributed by atoms with Crippen LogP contribution in [0.3, 0.4) is 0 Å². The summed E-state index contributed by atoms with van der Waals surface area (Å²) in [6, 6.07) is 0.286. The molecule has 0 aliphatic rings. The molecule has 0 saturated carbocycles. The van der Waals surface area contributed by atoms with E-state index >= 15 is 0 Å². The molecule has 62 valence electrons. The van der Waals surface area contributed by atoms with Crippen LogP contribution in [0.15, 0.2) is 17.5 Å². The van der Waals surface area contributed by atoms with Gasteiger partial charge in [-0.25, -0.2) is 9.97 Å². The molecule has 0 atom stereocenters. The highest BCUT2D eigenvalue weighted by Gasteiger charge is 1.94. The molecule has 6 nitrogen and oxygen atoms in total. The lowest BCUT2D eigenvalue weighted by atomic mass is 10.6. The maximum absolute atomic E-state index is 8.06. The van der Waals surface area contributed by atoms with E-state index in [-0.39, 0.29) is 6.01 Å². The zero-order valence-corrected chi connectivity index (χ0v) is 6.51. The maximum atomic E-state index is 8.06. The first-order valence-corrected chi connectivity index (χ1v) is 3.36. The standard InChI is InChI=1S/C6H7N5O/c1-2-12-6-8-3-5(4-9-6)10-11-7/h3-4H,2H2,1H3. The minimum atomic E-state index is 0.286. The van der Waals surface area contributed by atoms with Crippen LogP contribution in [0, 0.1) is 0 Å². The fraction of sp³-hybridized carbons (Fsp3) is 0.333. The van der Waals surface area contributed by atoms with Crippen LogP contribution in [0.1, 0.15) is 6.92 Å². The normalized spacial score (nSPS) is 8.75. The number of nitrogens with zero attached hydrogens (tertiary/aromatic N) is 5. The number of ether oxygens (including phenoxy) is 1. The molecule has 6 heteroatoms. The quantitative estimate of drug-likeness (QED) is 0.389. The Morgan fingerprint density at radius 1 is 1.58 bits per heavy atom. The average Bonchev–Trinajstić information content (AvgIpc) is 2.09. The molecule has 1 heterocycles. The molecule has 0 aliphatic heterocycles. The predicted octanol–water partition coefficient (Wildman–Crippen LogP) is 1.82. The van der Waals surface area contributed by atoms with E-state index in [4.69, 9.17) is 10.3 Å². The first kappa shape index (κ1) is 8.29. The van der Waals surface area contributed by atoms with Crippen LogP contribution >= 0.6 is 0 Å². The lowest BCUT2D eigenvalue weighted by Gasteiger charge is -1.98. The number of aromatic nitrogens is 2. The number of rotatable bonds is 3. The van der Waals surface area contributed by atoms with Crippen molar-refractivity contribution in [2.24, 2.45) is 5.11 Å². The van der Waals surface area contributed by atoms with Gasteiger partial charge in [0.15, 0.2) is 0 Å². The van der Waals surface area contributed by atoms with E-state index in [0.717, 1.165) is 0 Å². The van der Waals surface area contributed by atoms with E-state index in [1.54, 1.807) is 0 Å². The first-order valence-electron chi connectivity index (χ1n) is 3.36. The van der Waals surface area contributed by atoms with Gasteiger partial charge in [0.25, 0.3) is 0 Å². The molecule has 1 aromatic rings. The minimum absolute atomic E-state index is 0.286. The van der Waals surface area contributed by atoms with Gasteiger partial charge in [0.05, 0.1) is 12.3 Å². The summed E-state index contributed by atoms with van der Waals surface area (Å²) in [6.45, 7) is 2.35. The molecular weight excluding hydrogens is 158 g/mol. The molecular formula is C6H7N5O. The molecule has 1 rings (SSSR count). The lowest BCUT2D eigenvalue weighted by molar-refractivity contribution is 0.312. The Labute approximate surface area is 68.8 Å². The van der Waals surface area contributed by atoms with Crippen molar-refractivity contribution in [3.8, 4) is 6.01 Å². The van der Waals surface area contributed by atoms with Crippen molar-refractivity contribution in [1.82, 2.24) is 9.97 Å². The Bertz CT molecular complexity index is 289. The van der Waals surface area contributed by atoms with Crippen LogP contribution in [0.4, 0.5) is 5.69 Å². The third kappa shape index (κ3) is 2.10. The fourth-order valence-corrected chi connectivity index (χ4v) is 0.616. The smallest absolute Gasteiger partial charge is 0.316 e.